The Kier molecular flexibility index (Phi) is 2.60. The van der Waals surface area contributed by atoms with E-state index < -0.39 is 0 Å². The summed E-state index contributed by atoms with van der Waals surface area (Å²) in [5, 5.41) is 2.62. The number of nitrogens with zero attached hydrogens (tertiary/aromatic N) is 1. The molecule has 0 radical (unpaired) electrons. The van der Waals surface area contributed by atoms with Crippen LogP contribution in [0.1, 0.15) is 25.6 Å². The summed E-state index contributed by atoms with van der Waals surface area (Å²) >= 11 is 0. The highest BCUT2D eigenvalue weighted by Crippen LogP contribution is 2.33. The minimum Gasteiger partial charge on any atom is -0.341 e. The Labute approximate surface area is 125 Å². The summed E-state index contributed by atoms with van der Waals surface area (Å²) in [5.41, 5.74) is 1.37. The van der Waals surface area contributed by atoms with Crippen LogP contribution in [0.15, 0.2) is 35.3 Å². The maximum absolute atomic E-state index is 13.7. The summed E-state index contributed by atoms with van der Waals surface area (Å²) in [5.74, 6) is 0.726. The maximum Gasteiger partial charge on any atom is 0.256 e. The molecule has 4 aromatic rings. The topological polar surface area (TPSA) is 61.5 Å². The van der Waals surface area contributed by atoms with Crippen LogP contribution >= 0.6 is 0 Å². The van der Waals surface area contributed by atoms with Crippen LogP contribution in [0.3, 0.4) is 0 Å². The monoisotopic (exact) mass is 295 g/mol. The number of halogens is 1. The molecule has 4 nitrogen and oxygen atoms in total. The van der Waals surface area contributed by atoms with E-state index in [0.717, 1.165) is 27.6 Å². The van der Waals surface area contributed by atoms with Gasteiger partial charge in [0.1, 0.15) is 11.6 Å². The van der Waals surface area contributed by atoms with Crippen LogP contribution in [0.2, 0.25) is 0 Å². The molecule has 0 atom stereocenters. The summed E-state index contributed by atoms with van der Waals surface area (Å²) in [6.07, 6.45) is 1.60. The standard InChI is InChI=1S/C17H14FN3O/c1-8(2)16-20-14-10-4-3-9(18)7-12(10)13-11(15(14)21-16)5-6-19-17(13)22/h3-8H,1-2H3,(H,19,22)(H,20,21). The molecule has 0 unspecified atom stereocenters. The summed E-state index contributed by atoms with van der Waals surface area (Å²) < 4.78 is 13.7. The van der Waals surface area contributed by atoms with E-state index in [1.54, 1.807) is 12.3 Å². The SMILES string of the molecule is CC(C)c1nc2c3ccc(F)cc3c3c(=O)[nH]ccc3c2[nH]1. The molecule has 2 aromatic heterocycles. The first-order valence-electron chi connectivity index (χ1n) is 7.18. The number of fused-ring (bicyclic) bond motifs is 6. The number of hydrogen-bond acceptors (Lipinski definition) is 2. The van der Waals surface area contributed by atoms with Crippen molar-refractivity contribution in [2.24, 2.45) is 0 Å². The van der Waals surface area contributed by atoms with Gasteiger partial charge in [0.2, 0.25) is 0 Å². The number of imidazole rings is 1. The van der Waals surface area contributed by atoms with E-state index in [1.165, 1.54) is 12.1 Å². The van der Waals surface area contributed by atoms with Crippen LogP contribution < -0.4 is 5.56 Å². The van der Waals surface area contributed by atoms with Crippen molar-refractivity contribution in [1.82, 2.24) is 15.0 Å². The summed E-state index contributed by atoms with van der Waals surface area (Å²) in [6, 6.07) is 6.31. The molecule has 4 rings (SSSR count). The molecule has 0 amide bonds. The second-order valence-electron chi connectivity index (χ2n) is 5.79. The van der Waals surface area contributed by atoms with Crippen molar-refractivity contribution in [3.05, 3.63) is 52.5 Å². The van der Waals surface area contributed by atoms with Crippen LogP contribution in [0, 0.1) is 5.82 Å². The zero-order chi connectivity index (χ0) is 15.4. The molecule has 2 N–H and O–H groups in total. The van der Waals surface area contributed by atoms with Crippen molar-refractivity contribution in [3.8, 4) is 0 Å². The van der Waals surface area contributed by atoms with Crippen LogP contribution in [-0.4, -0.2) is 15.0 Å². The molecule has 22 heavy (non-hydrogen) atoms. The van der Waals surface area contributed by atoms with Gasteiger partial charge >= 0.3 is 0 Å². The number of pyridine rings is 1. The Morgan fingerprint density at radius 2 is 1.95 bits per heavy atom. The van der Waals surface area contributed by atoms with Crippen molar-refractivity contribution in [2.45, 2.75) is 19.8 Å². The predicted molar refractivity (Wildman–Crippen MR) is 85.8 cm³/mol. The average molecular weight is 295 g/mol. The third-order valence-electron chi connectivity index (χ3n) is 4.01. The van der Waals surface area contributed by atoms with Gasteiger partial charge in [-0.15, -0.1) is 0 Å². The highest BCUT2D eigenvalue weighted by atomic mass is 19.1. The fourth-order valence-electron chi connectivity index (χ4n) is 2.94. The van der Waals surface area contributed by atoms with Crippen molar-refractivity contribution in [3.63, 3.8) is 0 Å². The molecule has 5 heteroatoms. The van der Waals surface area contributed by atoms with Crippen molar-refractivity contribution in [1.29, 1.82) is 0 Å². The lowest BCUT2D eigenvalue weighted by molar-refractivity contribution is 0.630. The Morgan fingerprint density at radius 1 is 1.14 bits per heavy atom. The Hall–Kier alpha value is -2.69. The minimum absolute atomic E-state index is 0.226. The third-order valence-corrected chi connectivity index (χ3v) is 4.01. The second kappa shape index (κ2) is 4.40. The second-order valence-corrected chi connectivity index (χ2v) is 5.79. The molecule has 0 aliphatic carbocycles. The van der Waals surface area contributed by atoms with E-state index >= 15 is 0 Å². The lowest BCUT2D eigenvalue weighted by Crippen LogP contribution is -2.05. The first-order valence-corrected chi connectivity index (χ1v) is 7.18. The summed E-state index contributed by atoms with van der Waals surface area (Å²) in [7, 11) is 0. The molecule has 0 spiro atoms. The van der Waals surface area contributed by atoms with Gasteiger partial charge in [-0.25, -0.2) is 9.37 Å². The van der Waals surface area contributed by atoms with Crippen molar-refractivity contribution < 1.29 is 4.39 Å². The normalized spacial score (nSPS) is 12.0. The molecule has 0 saturated heterocycles. The predicted octanol–water partition coefficient (Wildman–Crippen LogP) is 3.82. The zero-order valence-corrected chi connectivity index (χ0v) is 12.2. The smallest absolute Gasteiger partial charge is 0.256 e. The van der Waals surface area contributed by atoms with Crippen LogP contribution in [-0.2, 0) is 0 Å². The van der Waals surface area contributed by atoms with E-state index in [9.17, 15) is 9.18 Å². The van der Waals surface area contributed by atoms with Gasteiger partial charge in [-0.05, 0) is 24.3 Å². The molecule has 2 heterocycles. The molecule has 0 aliphatic rings. The lowest BCUT2D eigenvalue weighted by Gasteiger charge is -2.05. The number of aromatic amines is 2. The molecular formula is C17H14FN3O. The molecule has 2 aromatic carbocycles. The Balaban J connectivity index is 2.37. The van der Waals surface area contributed by atoms with Gasteiger partial charge in [0.05, 0.1) is 16.4 Å². The molecule has 0 bridgehead atoms. The van der Waals surface area contributed by atoms with E-state index in [2.05, 4.69) is 28.8 Å². The molecule has 0 aliphatic heterocycles. The fraction of sp³-hybridized carbons (Fsp3) is 0.176. The average Bonchev–Trinajstić information content (AvgIpc) is 2.92. The quantitative estimate of drug-likeness (QED) is 0.524. The van der Waals surface area contributed by atoms with Gasteiger partial charge in [0.15, 0.2) is 0 Å². The summed E-state index contributed by atoms with van der Waals surface area (Å²) in [6.45, 7) is 4.10. The fourth-order valence-corrected chi connectivity index (χ4v) is 2.94. The summed E-state index contributed by atoms with van der Waals surface area (Å²) in [4.78, 5) is 22.9. The number of benzene rings is 2. The number of H-pyrrole nitrogens is 2. The zero-order valence-electron chi connectivity index (χ0n) is 12.2. The van der Waals surface area contributed by atoms with E-state index in [4.69, 9.17) is 0 Å². The minimum atomic E-state index is -0.365. The number of nitrogens with one attached hydrogen (secondary N) is 2. The highest BCUT2D eigenvalue weighted by Gasteiger charge is 2.16. The Morgan fingerprint density at radius 3 is 2.73 bits per heavy atom. The first kappa shape index (κ1) is 13.0. The molecule has 0 saturated carbocycles. The first-order chi connectivity index (χ1) is 10.6. The molecule has 110 valence electrons. The largest absolute Gasteiger partial charge is 0.341 e. The molecular weight excluding hydrogens is 281 g/mol. The van der Waals surface area contributed by atoms with Gasteiger partial charge < -0.3 is 9.97 Å². The van der Waals surface area contributed by atoms with Gasteiger partial charge in [-0.2, -0.15) is 0 Å². The van der Waals surface area contributed by atoms with Crippen LogP contribution in [0.25, 0.3) is 32.6 Å². The van der Waals surface area contributed by atoms with E-state index in [1.807, 2.05) is 6.07 Å². The third kappa shape index (κ3) is 1.68. The maximum atomic E-state index is 13.7. The molecule has 0 fully saturated rings. The highest BCUT2D eigenvalue weighted by molar-refractivity contribution is 6.22. The Bertz CT molecular complexity index is 1090. The van der Waals surface area contributed by atoms with Crippen molar-refractivity contribution in [2.75, 3.05) is 0 Å². The van der Waals surface area contributed by atoms with Gasteiger partial charge in [-0.3, -0.25) is 4.79 Å². The number of aromatic nitrogens is 3. The lowest BCUT2D eigenvalue weighted by atomic mass is 10.0. The van der Waals surface area contributed by atoms with Crippen LogP contribution in [0.5, 0.6) is 0 Å². The van der Waals surface area contributed by atoms with Crippen molar-refractivity contribution >= 4 is 32.6 Å². The van der Waals surface area contributed by atoms with Gasteiger partial charge in [0.25, 0.3) is 5.56 Å². The van der Waals surface area contributed by atoms with E-state index in [0.29, 0.717) is 10.8 Å². The van der Waals surface area contributed by atoms with E-state index in [-0.39, 0.29) is 17.3 Å². The van der Waals surface area contributed by atoms with Gasteiger partial charge in [-0.1, -0.05) is 13.8 Å². The van der Waals surface area contributed by atoms with Crippen LogP contribution in [0.4, 0.5) is 4.39 Å². The van der Waals surface area contributed by atoms with Gasteiger partial charge in [0, 0.05) is 28.3 Å². The number of rotatable bonds is 1. The number of hydrogen-bond donors (Lipinski definition) is 2.